The molecular weight excluding hydrogens is 474 g/mol. The van der Waals surface area contributed by atoms with Crippen LogP contribution < -0.4 is 11.0 Å². The van der Waals surface area contributed by atoms with E-state index in [1.807, 2.05) is 30.3 Å². The van der Waals surface area contributed by atoms with Crippen LogP contribution in [0, 0.1) is 0 Å². The number of hydrogen-bond donors (Lipinski definition) is 1. The van der Waals surface area contributed by atoms with Crippen molar-refractivity contribution in [1.29, 1.82) is 0 Å². The summed E-state index contributed by atoms with van der Waals surface area (Å²) in [5.41, 5.74) is 2.46. The van der Waals surface area contributed by atoms with E-state index in [0.717, 1.165) is 22.5 Å². The second-order valence-corrected chi connectivity index (χ2v) is 10.8. The number of nitrogens with one attached hydrogen (secondary N) is 1. The molecule has 0 saturated heterocycles. The fraction of sp³-hybridized carbons (Fsp3) is 0.261. The Morgan fingerprint density at radius 1 is 1.09 bits per heavy atom. The molecule has 1 N–H and O–H groups in total. The van der Waals surface area contributed by atoms with Crippen LogP contribution in [0.3, 0.4) is 0 Å². The van der Waals surface area contributed by atoms with E-state index < -0.39 is 15.9 Å². The van der Waals surface area contributed by atoms with E-state index in [1.165, 1.54) is 19.5 Å². The molecule has 1 aliphatic rings. The Hall–Kier alpha value is -3.28. The molecule has 4 aromatic rings. The van der Waals surface area contributed by atoms with Gasteiger partial charge < -0.3 is 5.32 Å². The van der Waals surface area contributed by atoms with E-state index in [1.54, 1.807) is 23.7 Å². The third-order valence-corrected chi connectivity index (χ3v) is 8.80. The maximum Gasteiger partial charge on any atom is 0.350 e. The Labute approximate surface area is 200 Å². The number of aryl methyl sites for hydroxylation is 1. The quantitative estimate of drug-likeness (QED) is 0.394. The predicted molar refractivity (Wildman–Crippen MR) is 128 cm³/mol. The maximum absolute atomic E-state index is 13.3. The summed E-state index contributed by atoms with van der Waals surface area (Å²) in [7, 11) is -3.81. The highest BCUT2D eigenvalue weighted by Crippen LogP contribution is 2.29. The molecule has 34 heavy (non-hydrogen) atoms. The monoisotopic (exact) mass is 497 g/mol. The molecule has 9 nitrogen and oxygen atoms in total. The molecule has 0 aliphatic carbocycles. The summed E-state index contributed by atoms with van der Waals surface area (Å²) in [4.78, 5) is 25.3. The summed E-state index contributed by atoms with van der Waals surface area (Å²) in [6.07, 6.45) is 2.78. The van der Waals surface area contributed by atoms with E-state index >= 15 is 0 Å². The number of nitrogens with zero attached hydrogens (tertiary/aromatic N) is 4. The van der Waals surface area contributed by atoms with Gasteiger partial charge in [-0.3, -0.25) is 9.20 Å². The summed E-state index contributed by atoms with van der Waals surface area (Å²) in [5, 5.41) is 8.66. The maximum atomic E-state index is 13.3. The summed E-state index contributed by atoms with van der Waals surface area (Å²) in [6.45, 7) is 1.30. The fourth-order valence-corrected chi connectivity index (χ4v) is 6.84. The molecule has 11 heteroatoms. The number of benzene rings is 1. The van der Waals surface area contributed by atoms with Gasteiger partial charge in [0.05, 0.1) is 0 Å². The summed E-state index contributed by atoms with van der Waals surface area (Å²) in [6, 6.07) is 14.6. The number of carbonyl (C=O) groups excluding carboxylic acids is 1. The lowest BCUT2D eigenvalue weighted by molar-refractivity contribution is 0.0953. The van der Waals surface area contributed by atoms with E-state index in [9.17, 15) is 18.0 Å². The Morgan fingerprint density at radius 3 is 2.71 bits per heavy atom. The zero-order valence-electron chi connectivity index (χ0n) is 18.3. The van der Waals surface area contributed by atoms with Gasteiger partial charge in [0, 0.05) is 32.4 Å². The van der Waals surface area contributed by atoms with Gasteiger partial charge in [0.15, 0.2) is 5.65 Å². The van der Waals surface area contributed by atoms with Crippen molar-refractivity contribution in [2.75, 3.05) is 13.1 Å². The van der Waals surface area contributed by atoms with Crippen LogP contribution >= 0.6 is 11.3 Å². The van der Waals surface area contributed by atoms with Gasteiger partial charge in [-0.15, -0.1) is 16.4 Å². The number of thiophene rings is 1. The van der Waals surface area contributed by atoms with E-state index in [0.29, 0.717) is 38.1 Å². The molecule has 4 heterocycles. The zero-order valence-corrected chi connectivity index (χ0v) is 19.9. The molecule has 0 saturated carbocycles. The topological polar surface area (TPSA) is 106 Å². The van der Waals surface area contributed by atoms with Crippen LogP contribution in [0.2, 0.25) is 0 Å². The number of aromatic nitrogens is 3. The van der Waals surface area contributed by atoms with Crippen LogP contribution in [0.5, 0.6) is 0 Å². The molecule has 0 spiro atoms. The van der Waals surface area contributed by atoms with Gasteiger partial charge in [0.1, 0.15) is 9.77 Å². The van der Waals surface area contributed by atoms with Gasteiger partial charge in [-0.1, -0.05) is 30.3 Å². The van der Waals surface area contributed by atoms with Crippen LogP contribution in [0.25, 0.3) is 5.65 Å². The lowest BCUT2D eigenvalue weighted by Crippen LogP contribution is -2.37. The highest BCUT2D eigenvalue weighted by molar-refractivity contribution is 7.89. The van der Waals surface area contributed by atoms with Crippen LogP contribution in [0.1, 0.15) is 27.2 Å². The second kappa shape index (κ2) is 9.16. The molecule has 5 rings (SSSR count). The van der Waals surface area contributed by atoms with Crippen molar-refractivity contribution < 1.29 is 13.2 Å². The molecule has 0 fully saturated rings. The summed E-state index contributed by atoms with van der Waals surface area (Å²) < 4.78 is 30.9. The lowest BCUT2D eigenvalue weighted by atomic mass is 10.0. The molecule has 0 bridgehead atoms. The highest BCUT2D eigenvalue weighted by Gasteiger charge is 2.32. The van der Waals surface area contributed by atoms with Crippen molar-refractivity contribution in [3.63, 3.8) is 0 Å². The second-order valence-electron chi connectivity index (χ2n) is 8.02. The van der Waals surface area contributed by atoms with E-state index in [2.05, 4.69) is 10.4 Å². The van der Waals surface area contributed by atoms with Crippen molar-refractivity contribution in [2.45, 2.75) is 30.8 Å². The predicted octanol–water partition coefficient (Wildman–Crippen LogP) is 2.12. The summed E-state index contributed by atoms with van der Waals surface area (Å²) >= 11 is 1.11. The number of rotatable bonds is 7. The number of sulfonamides is 1. The first-order valence-corrected chi connectivity index (χ1v) is 13.2. The van der Waals surface area contributed by atoms with Gasteiger partial charge in [-0.2, -0.15) is 4.31 Å². The first-order valence-electron chi connectivity index (χ1n) is 10.9. The van der Waals surface area contributed by atoms with Crippen molar-refractivity contribution in [3.05, 3.63) is 86.6 Å². The fourth-order valence-electron chi connectivity index (χ4n) is 4.11. The van der Waals surface area contributed by atoms with E-state index in [-0.39, 0.29) is 22.0 Å². The van der Waals surface area contributed by atoms with Crippen LogP contribution in [-0.2, 0) is 29.5 Å². The average Bonchev–Trinajstić information content (AvgIpc) is 3.47. The number of carbonyl (C=O) groups is 1. The minimum Gasteiger partial charge on any atom is -0.351 e. The SMILES string of the molecule is O=C(NCCCn1nc2ccccn2c1=O)c1sccc1S(=O)(=O)N1CCc2ccccc2C1. The first-order chi connectivity index (χ1) is 16.4. The molecule has 0 atom stereocenters. The van der Waals surface area contributed by atoms with Gasteiger partial charge in [0.25, 0.3) is 5.91 Å². The Morgan fingerprint density at radius 2 is 1.88 bits per heavy atom. The molecule has 0 unspecified atom stereocenters. The average molecular weight is 498 g/mol. The number of pyridine rings is 1. The molecule has 1 amide bonds. The third kappa shape index (κ3) is 4.17. The van der Waals surface area contributed by atoms with Gasteiger partial charge >= 0.3 is 5.69 Å². The van der Waals surface area contributed by atoms with Crippen molar-refractivity contribution in [3.8, 4) is 0 Å². The minimum absolute atomic E-state index is 0.0333. The third-order valence-electron chi connectivity index (χ3n) is 5.87. The molecule has 0 radical (unpaired) electrons. The van der Waals surface area contributed by atoms with Crippen molar-refractivity contribution in [2.24, 2.45) is 0 Å². The molecular formula is C23H23N5O4S2. The normalized spacial score (nSPS) is 14.2. The highest BCUT2D eigenvalue weighted by atomic mass is 32.2. The van der Waals surface area contributed by atoms with Gasteiger partial charge in [-0.25, -0.2) is 17.9 Å². The number of hydrogen-bond acceptors (Lipinski definition) is 6. The van der Waals surface area contributed by atoms with Crippen LogP contribution in [-0.4, -0.2) is 45.9 Å². The standard InChI is InChI=1S/C23H23N5O4S2/c29-22(24-11-5-13-28-23(30)27-12-4-3-8-20(27)25-28)21-19(10-15-33-21)34(31,32)26-14-9-17-6-1-2-7-18(17)16-26/h1-4,6-8,10,12,15H,5,9,11,13-14,16H2,(H,24,29). The zero-order chi connectivity index (χ0) is 23.7. The van der Waals surface area contributed by atoms with Crippen molar-refractivity contribution >= 4 is 32.9 Å². The Bertz CT molecular complexity index is 1520. The number of fused-ring (bicyclic) bond motifs is 2. The molecule has 1 aromatic carbocycles. The molecule has 176 valence electrons. The van der Waals surface area contributed by atoms with Crippen LogP contribution in [0.15, 0.2) is 69.8 Å². The first kappa shape index (κ1) is 22.5. The van der Waals surface area contributed by atoms with Crippen LogP contribution in [0.4, 0.5) is 0 Å². The van der Waals surface area contributed by atoms with Gasteiger partial charge in [-0.05, 0) is 47.5 Å². The smallest absolute Gasteiger partial charge is 0.350 e. The van der Waals surface area contributed by atoms with Gasteiger partial charge in [0.2, 0.25) is 10.0 Å². The molecule has 1 aliphatic heterocycles. The Kier molecular flexibility index (Phi) is 6.07. The Balaban J connectivity index is 1.23. The lowest BCUT2D eigenvalue weighted by Gasteiger charge is -2.28. The minimum atomic E-state index is -3.81. The number of amides is 1. The van der Waals surface area contributed by atoms with Crippen molar-refractivity contribution in [1.82, 2.24) is 23.8 Å². The molecule has 3 aromatic heterocycles. The summed E-state index contributed by atoms with van der Waals surface area (Å²) in [5.74, 6) is -0.437. The van der Waals surface area contributed by atoms with E-state index in [4.69, 9.17) is 0 Å². The largest absolute Gasteiger partial charge is 0.351 e.